The summed E-state index contributed by atoms with van der Waals surface area (Å²) in [7, 11) is 1.78. The summed E-state index contributed by atoms with van der Waals surface area (Å²) in [6.07, 6.45) is 4.43. The van der Waals surface area contributed by atoms with Crippen molar-refractivity contribution in [3.8, 4) is 0 Å². The number of aromatic carboxylic acids is 1. The second-order valence-corrected chi connectivity index (χ2v) is 4.85. The molecule has 17 heavy (non-hydrogen) atoms. The van der Waals surface area contributed by atoms with E-state index in [0.717, 1.165) is 19.3 Å². The number of nitrogens with one attached hydrogen (secondary N) is 1. The molecule has 1 saturated carbocycles. The molecule has 94 valence electrons. The van der Waals surface area contributed by atoms with Gasteiger partial charge >= 0.3 is 5.97 Å². The number of aryl methyl sites for hydroxylation is 2. The Bertz CT molecular complexity index is 441. The zero-order valence-electron chi connectivity index (χ0n) is 10.6. The fraction of sp³-hybridized carbons (Fsp3) is 0.667. The van der Waals surface area contributed by atoms with Gasteiger partial charge in [0.05, 0.1) is 5.69 Å². The van der Waals surface area contributed by atoms with Crippen LogP contribution < -0.4 is 5.32 Å². The molecule has 1 aliphatic carbocycles. The van der Waals surface area contributed by atoms with Crippen LogP contribution >= 0.6 is 0 Å². The maximum absolute atomic E-state index is 11.2. The van der Waals surface area contributed by atoms with E-state index in [9.17, 15) is 9.90 Å². The molecule has 5 nitrogen and oxygen atoms in total. The number of nitrogens with zero attached hydrogens (tertiary/aromatic N) is 2. The Hall–Kier alpha value is -1.52. The van der Waals surface area contributed by atoms with E-state index in [1.165, 1.54) is 6.42 Å². The normalized spacial score (nSPS) is 17.6. The standard InChI is InChI=1S/C12H19N3O2/c1-4-12(6-5-7-12)13-10-9(11(16)17)8(2)14-15(10)3/h13H,4-7H2,1-3H3,(H,16,17). The predicted molar refractivity (Wildman–Crippen MR) is 65.4 cm³/mol. The molecule has 2 N–H and O–H groups in total. The number of hydrogen-bond acceptors (Lipinski definition) is 3. The molecule has 0 saturated heterocycles. The van der Waals surface area contributed by atoms with E-state index in [0.29, 0.717) is 17.1 Å². The van der Waals surface area contributed by atoms with Gasteiger partial charge in [-0.25, -0.2) is 4.79 Å². The molecule has 1 heterocycles. The smallest absolute Gasteiger partial charge is 0.341 e. The summed E-state index contributed by atoms with van der Waals surface area (Å²) in [6, 6.07) is 0. The van der Waals surface area contributed by atoms with Crippen molar-refractivity contribution < 1.29 is 9.90 Å². The van der Waals surface area contributed by atoms with Gasteiger partial charge in [-0.3, -0.25) is 4.68 Å². The highest BCUT2D eigenvalue weighted by Gasteiger charge is 2.37. The quantitative estimate of drug-likeness (QED) is 0.842. The van der Waals surface area contributed by atoms with E-state index >= 15 is 0 Å². The van der Waals surface area contributed by atoms with Gasteiger partial charge in [0.1, 0.15) is 11.4 Å². The van der Waals surface area contributed by atoms with Crippen molar-refractivity contribution in [1.82, 2.24) is 9.78 Å². The van der Waals surface area contributed by atoms with E-state index in [-0.39, 0.29) is 5.54 Å². The van der Waals surface area contributed by atoms with E-state index in [1.54, 1.807) is 18.7 Å². The van der Waals surface area contributed by atoms with E-state index in [4.69, 9.17) is 0 Å². The number of rotatable bonds is 4. The molecule has 1 aromatic rings. The minimum absolute atomic E-state index is 0.0738. The molecule has 0 aromatic carbocycles. The van der Waals surface area contributed by atoms with Crippen LogP contribution in [0.2, 0.25) is 0 Å². The average Bonchev–Trinajstić information content (AvgIpc) is 2.47. The summed E-state index contributed by atoms with van der Waals surface area (Å²) < 4.78 is 1.63. The Kier molecular flexibility index (Phi) is 2.85. The molecule has 1 fully saturated rings. The summed E-state index contributed by atoms with van der Waals surface area (Å²) in [5, 5.41) is 16.8. The fourth-order valence-corrected chi connectivity index (χ4v) is 2.48. The second kappa shape index (κ2) is 4.05. The van der Waals surface area contributed by atoms with Gasteiger partial charge < -0.3 is 10.4 Å². The number of carboxylic acids is 1. The van der Waals surface area contributed by atoms with Crippen molar-refractivity contribution in [2.45, 2.75) is 45.1 Å². The second-order valence-electron chi connectivity index (χ2n) is 4.85. The van der Waals surface area contributed by atoms with Crippen LogP contribution in [0.25, 0.3) is 0 Å². The molecule has 0 aliphatic heterocycles. The molecule has 0 radical (unpaired) electrons. The maximum Gasteiger partial charge on any atom is 0.341 e. The number of hydrogen-bond donors (Lipinski definition) is 2. The van der Waals surface area contributed by atoms with Crippen LogP contribution in [0.4, 0.5) is 5.82 Å². The van der Waals surface area contributed by atoms with Gasteiger partial charge in [0.2, 0.25) is 0 Å². The first-order valence-electron chi connectivity index (χ1n) is 6.04. The lowest BCUT2D eigenvalue weighted by Gasteiger charge is -2.42. The molecular formula is C12H19N3O2. The molecule has 0 spiro atoms. The number of carbonyl (C=O) groups is 1. The molecule has 2 rings (SSSR count). The van der Waals surface area contributed by atoms with E-state index in [2.05, 4.69) is 17.3 Å². The van der Waals surface area contributed by atoms with Crippen LogP contribution in [0.3, 0.4) is 0 Å². The average molecular weight is 237 g/mol. The highest BCUT2D eigenvalue weighted by molar-refractivity contribution is 5.94. The molecule has 0 unspecified atom stereocenters. The molecule has 1 aromatic heterocycles. The molecule has 0 bridgehead atoms. The number of carboxylic acid groups (broad SMARTS) is 1. The Morgan fingerprint density at radius 2 is 2.24 bits per heavy atom. The maximum atomic E-state index is 11.2. The van der Waals surface area contributed by atoms with Gasteiger partial charge in [0.25, 0.3) is 0 Å². The van der Waals surface area contributed by atoms with Gasteiger partial charge in [-0.1, -0.05) is 6.92 Å². The fourth-order valence-electron chi connectivity index (χ4n) is 2.48. The monoisotopic (exact) mass is 237 g/mol. The SMILES string of the molecule is CCC1(Nc2c(C(=O)O)c(C)nn2C)CCC1. The van der Waals surface area contributed by atoms with Gasteiger partial charge in [0.15, 0.2) is 0 Å². The minimum Gasteiger partial charge on any atom is -0.477 e. The first-order valence-corrected chi connectivity index (χ1v) is 6.04. The van der Waals surface area contributed by atoms with E-state index in [1.807, 2.05) is 0 Å². The lowest BCUT2D eigenvalue weighted by molar-refractivity contribution is 0.0697. The Balaban J connectivity index is 2.35. The summed E-state index contributed by atoms with van der Waals surface area (Å²) in [4.78, 5) is 11.2. The largest absolute Gasteiger partial charge is 0.477 e. The van der Waals surface area contributed by atoms with Crippen LogP contribution in [0.15, 0.2) is 0 Å². The van der Waals surface area contributed by atoms with Gasteiger partial charge in [0, 0.05) is 12.6 Å². The first-order chi connectivity index (χ1) is 7.99. The summed E-state index contributed by atoms with van der Waals surface area (Å²) >= 11 is 0. The van der Waals surface area contributed by atoms with Crippen LogP contribution in [0.1, 0.15) is 48.7 Å². The van der Waals surface area contributed by atoms with E-state index < -0.39 is 5.97 Å². The third-order valence-corrected chi connectivity index (χ3v) is 3.81. The van der Waals surface area contributed by atoms with Crippen LogP contribution in [0, 0.1) is 6.92 Å². The van der Waals surface area contributed by atoms with Gasteiger partial charge in [-0.05, 0) is 32.6 Å². The highest BCUT2D eigenvalue weighted by Crippen LogP contribution is 2.38. The number of anilines is 1. The summed E-state index contributed by atoms with van der Waals surface area (Å²) in [5.41, 5.74) is 0.935. The third-order valence-electron chi connectivity index (χ3n) is 3.81. The van der Waals surface area contributed by atoms with Gasteiger partial charge in [-0.2, -0.15) is 5.10 Å². The molecule has 5 heteroatoms. The van der Waals surface area contributed by atoms with Crippen molar-refractivity contribution in [2.75, 3.05) is 5.32 Å². The summed E-state index contributed by atoms with van der Waals surface area (Å²) in [5.74, 6) is -0.278. The Morgan fingerprint density at radius 3 is 2.65 bits per heavy atom. The summed E-state index contributed by atoms with van der Waals surface area (Å²) in [6.45, 7) is 3.86. The van der Waals surface area contributed by atoms with Crippen molar-refractivity contribution in [3.05, 3.63) is 11.3 Å². The molecule has 0 atom stereocenters. The van der Waals surface area contributed by atoms with Crippen molar-refractivity contribution in [3.63, 3.8) is 0 Å². The predicted octanol–water partition coefficient (Wildman–Crippen LogP) is 2.17. The minimum atomic E-state index is -0.913. The Morgan fingerprint density at radius 1 is 1.59 bits per heavy atom. The van der Waals surface area contributed by atoms with Gasteiger partial charge in [-0.15, -0.1) is 0 Å². The zero-order valence-corrected chi connectivity index (χ0v) is 10.6. The van der Waals surface area contributed by atoms with Crippen LogP contribution in [0.5, 0.6) is 0 Å². The van der Waals surface area contributed by atoms with Crippen molar-refractivity contribution >= 4 is 11.8 Å². The molecule has 1 aliphatic rings. The van der Waals surface area contributed by atoms with Crippen molar-refractivity contribution in [2.24, 2.45) is 7.05 Å². The number of aromatic nitrogens is 2. The lowest BCUT2D eigenvalue weighted by Crippen LogP contribution is -2.45. The lowest BCUT2D eigenvalue weighted by atomic mass is 9.75. The van der Waals surface area contributed by atoms with Crippen LogP contribution in [-0.4, -0.2) is 26.4 Å². The first kappa shape index (κ1) is 12.0. The Labute approximate surface area is 101 Å². The highest BCUT2D eigenvalue weighted by atomic mass is 16.4. The zero-order chi connectivity index (χ0) is 12.6. The van der Waals surface area contributed by atoms with Crippen LogP contribution in [-0.2, 0) is 7.05 Å². The molecule has 0 amide bonds. The van der Waals surface area contributed by atoms with Crippen molar-refractivity contribution in [1.29, 1.82) is 0 Å². The molecular weight excluding hydrogens is 218 g/mol. The topological polar surface area (TPSA) is 67.2 Å². The third kappa shape index (κ3) is 1.90.